The number of rotatable bonds is 6. The number of nitrogens with zero attached hydrogens (tertiary/aromatic N) is 2. The number of hydrogen-bond acceptors (Lipinski definition) is 2. The fourth-order valence-corrected chi connectivity index (χ4v) is 26.5. The van der Waals surface area contributed by atoms with Crippen molar-refractivity contribution >= 4 is 32.3 Å². The molecule has 0 N–H and O–H groups in total. The SMILES string of the molecule is C[Si](C)(C)[C-](c1ccccn1)[Si](C)(C)C.C[Si](C)(C)[C-](c1ccccn1)[Si](C)(C)C.[Ag+].[Ag+]. The maximum absolute atomic E-state index is 4.54. The van der Waals surface area contributed by atoms with Crippen LogP contribution in [-0.2, 0) is 44.8 Å². The van der Waals surface area contributed by atoms with E-state index >= 15 is 0 Å². The van der Waals surface area contributed by atoms with Crippen molar-refractivity contribution in [1.29, 1.82) is 0 Å². The Hall–Kier alpha value is 0.388. The maximum Gasteiger partial charge on any atom is 1.00 e. The van der Waals surface area contributed by atoms with Gasteiger partial charge in [0.15, 0.2) is 0 Å². The van der Waals surface area contributed by atoms with Gasteiger partial charge in [-0.25, -0.2) is 0 Å². The molecule has 0 saturated heterocycles. The molecule has 8 heteroatoms. The standard InChI is InChI=1S/2C12H22NSi2.2Ag/c2*1-14(2,3)12(15(4,5)6)11-9-7-8-10-13-11;;/h2*7-10H,1-6H3;;/q2*-1;2*+1. The Labute approximate surface area is 234 Å². The summed E-state index contributed by atoms with van der Waals surface area (Å²) in [7, 11) is -4.99. The number of hydrogen-bond donors (Lipinski definition) is 0. The maximum atomic E-state index is 4.54. The molecule has 0 aliphatic rings. The van der Waals surface area contributed by atoms with Gasteiger partial charge in [-0.05, 0) is 32.3 Å². The Bertz CT molecular complexity index is 668. The quantitative estimate of drug-likeness (QED) is 0.232. The van der Waals surface area contributed by atoms with Crippen molar-refractivity contribution in [2.45, 2.75) is 78.6 Å². The van der Waals surface area contributed by atoms with Gasteiger partial charge in [0.2, 0.25) is 0 Å². The Morgan fingerprint density at radius 3 is 0.875 bits per heavy atom. The first-order valence-electron chi connectivity index (χ1n) is 11.0. The first-order chi connectivity index (χ1) is 13.5. The second kappa shape index (κ2) is 13.5. The molecule has 0 aliphatic heterocycles. The van der Waals surface area contributed by atoms with Crippen molar-refractivity contribution in [3.63, 3.8) is 0 Å². The van der Waals surface area contributed by atoms with Gasteiger partial charge in [-0.3, -0.25) is 9.97 Å². The van der Waals surface area contributed by atoms with Crippen molar-refractivity contribution < 1.29 is 44.8 Å². The zero-order valence-corrected chi connectivity index (χ0v) is 29.1. The van der Waals surface area contributed by atoms with E-state index in [-0.39, 0.29) is 44.8 Å². The van der Waals surface area contributed by atoms with Crippen molar-refractivity contribution in [3.05, 3.63) is 70.5 Å². The Morgan fingerprint density at radius 2 is 0.719 bits per heavy atom. The van der Waals surface area contributed by atoms with Crippen LogP contribution in [0, 0.1) is 10.3 Å². The van der Waals surface area contributed by atoms with Crippen molar-refractivity contribution in [3.8, 4) is 0 Å². The normalized spacial score (nSPS) is 11.9. The molecule has 32 heavy (non-hydrogen) atoms. The summed E-state index contributed by atoms with van der Waals surface area (Å²) < 4.78 is 0. The minimum atomic E-state index is -1.25. The summed E-state index contributed by atoms with van der Waals surface area (Å²) in [4.78, 5) is 9.09. The molecule has 0 amide bonds. The summed E-state index contributed by atoms with van der Waals surface area (Å²) in [5.41, 5.74) is 2.49. The molecule has 0 spiro atoms. The van der Waals surface area contributed by atoms with Crippen LogP contribution in [0.2, 0.25) is 78.6 Å². The van der Waals surface area contributed by atoms with Crippen molar-refractivity contribution in [2.75, 3.05) is 0 Å². The van der Waals surface area contributed by atoms with Gasteiger partial charge in [0, 0.05) is 12.4 Å². The van der Waals surface area contributed by atoms with Crippen LogP contribution < -0.4 is 0 Å². The largest absolute Gasteiger partial charge is 1.00 e. The predicted octanol–water partition coefficient (Wildman–Crippen LogP) is 7.51. The third kappa shape index (κ3) is 11.2. The monoisotopic (exact) mass is 686 g/mol. The summed E-state index contributed by atoms with van der Waals surface area (Å²) in [5, 5.41) is 3.38. The first-order valence-corrected chi connectivity index (χ1v) is 25.0. The van der Waals surface area contributed by atoms with E-state index in [1.807, 2.05) is 24.5 Å². The minimum Gasteiger partial charge on any atom is -0.296 e. The van der Waals surface area contributed by atoms with E-state index in [0.717, 1.165) is 0 Å². The molecule has 0 aliphatic carbocycles. The van der Waals surface area contributed by atoms with Crippen LogP contribution in [0.25, 0.3) is 0 Å². The minimum absolute atomic E-state index is 0. The predicted molar refractivity (Wildman–Crippen MR) is 147 cm³/mol. The molecule has 0 saturated carbocycles. The molecule has 0 radical (unpaired) electrons. The van der Waals surface area contributed by atoms with E-state index < -0.39 is 32.3 Å². The van der Waals surface area contributed by atoms with Gasteiger partial charge in [-0.2, -0.15) is 22.5 Å². The van der Waals surface area contributed by atoms with Gasteiger partial charge in [0.05, 0.1) is 0 Å². The van der Waals surface area contributed by atoms with E-state index in [2.05, 4.69) is 113 Å². The summed E-state index contributed by atoms with van der Waals surface area (Å²) in [5.74, 6) is 0. The molecule has 2 heterocycles. The van der Waals surface area contributed by atoms with Gasteiger partial charge in [0.25, 0.3) is 0 Å². The third-order valence-corrected chi connectivity index (χ3v) is 20.9. The van der Waals surface area contributed by atoms with Gasteiger partial charge >= 0.3 is 44.8 Å². The fourth-order valence-electron chi connectivity index (χ4n) is 4.81. The molecule has 0 bridgehead atoms. The van der Waals surface area contributed by atoms with Crippen LogP contribution in [0.1, 0.15) is 11.4 Å². The molecule has 0 unspecified atom stereocenters. The zero-order valence-electron chi connectivity index (χ0n) is 22.1. The van der Waals surface area contributed by atoms with E-state index in [9.17, 15) is 0 Å². The van der Waals surface area contributed by atoms with Crippen LogP contribution in [0.15, 0.2) is 48.8 Å². The molecule has 0 aromatic carbocycles. The van der Waals surface area contributed by atoms with Crippen LogP contribution in [0.4, 0.5) is 0 Å². The van der Waals surface area contributed by atoms with Crippen LogP contribution in [0.3, 0.4) is 0 Å². The Balaban J connectivity index is 0. The second-order valence-electron chi connectivity index (χ2n) is 12.2. The number of pyridine rings is 2. The third-order valence-electron chi connectivity index (χ3n) is 4.84. The number of aromatic nitrogens is 2. The topological polar surface area (TPSA) is 25.8 Å². The average molecular weight is 689 g/mol. The van der Waals surface area contributed by atoms with Crippen LogP contribution in [0.5, 0.6) is 0 Å². The molecule has 0 atom stereocenters. The summed E-state index contributed by atoms with van der Waals surface area (Å²) >= 11 is 0. The Kier molecular flexibility index (Phi) is 14.5. The average Bonchev–Trinajstić information content (AvgIpc) is 2.52. The molecule has 2 rings (SSSR count). The molecular formula is C24H44Ag2N2Si4. The van der Waals surface area contributed by atoms with E-state index in [4.69, 9.17) is 0 Å². The van der Waals surface area contributed by atoms with Gasteiger partial charge in [-0.15, -0.1) is 23.5 Å². The van der Waals surface area contributed by atoms with Gasteiger partial charge in [0.1, 0.15) is 0 Å². The van der Waals surface area contributed by atoms with Gasteiger partial charge in [-0.1, -0.05) is 90.7 Å². The summed E-state index contributed by atoms with van der Waals surface area (Å²) in [6.07, 6.45) is 3.82. The molecular weight excluding hydrogens is 644 g/mol. The van der Waals surface area contributed by atoms with E-state index in [0.29, 0.717) is 0 Å². The van der Waals surface area contributed by atoms with E-state index in [1.165, 1.54) is 11.4 Å². The smallest absolute Gasteiger partial charge is 0.296 e. The summed E-state index contributed by atoms with van der Waals surface area (Å²) in [6, 6.07) is 12.5. The molecule has 0 fully saturated rings. The molecule has 188 valence electrons. The Morgan fingerprint density at radius 1 is 0.469 bits per heavy atom. The van der Waals surface area contributed by atoms with Crippen molar-refractivity contribution in [1.82, 2.24) is 9.97 Å². The van der Waals surface area contributed by atoms with E-state index in [1.54, 1.807) is 10.3 Å². The first kappa shape index (κ1) is 34.6. The summed E-state index contributed by atoms with van der Waals surface area (Å²) in [6.45, 7) is 29.1. The van der Waals surface area contributed by atoms with Crippen molar-refractivity contribution in [2.24, 2.45) is 0 Å². The van der Waals surface area contributed by atoms with Crippen LogP contribution >= 0.6 is 0 Å². The fraction of sp³-hybridized carbons (Fsp3) is 0.500. The second-order valence-corrected chi connectivity index (χ2v) is 33.2. The molecule has 2 aromatic rings. The molecule has 2 aromatic heterocycles. The van der Waals surface area contributed by atoms with Crippen LogP contribution in [-0.4, -0.2) is 42.3 Å². The zero-order chi connectivity index (χ0) is 23.4. The molecule has 2 nitrogen and oxygen atoms in total. The van der Waals surface area contributed by atoms with Gasteiger partial charge < -0.3 is 0 Å².